The molecule has 0 bridgehead atoms. The van der Waals surface area contributed by atoms with Crippen LogP contribution in [0, 0.1) is 0 Å². The van der Waals surface area contributed by atoms with E-state index in [1.54, 1.807) is 30.3 Å². The van der Waals surface area contributed by atoms with Gasteiger partial charge in [0.25, 0.3) is 0 Å². The summed E-state index contributed by atoms with van der Waals surface area (Å²) in [5, 5.41) is 44.3. The molecular weight excluding hydrogens is 500 g/mol. The van der Waals surface area contributed by atoms with Gasteiger partial charge in [0.15, 0.2) is 0 Å². The number of rotatable bonds is 14. The lowest BCUT2D eigenvalue weighted by atomic mass is 10.0. The summed E-state index contributed by atoms with van der Waals surface area (Å²) in [5.74, 6) is -5.79. The average molecular weight is 531 g/mol. The summed E-state index contributed by atoms with van der Waals surface area (Å²) >= 11 is 0. The molecule has 2 aromatic rings. The number of aromatic hydroxyl groups is 1. The van der Waals surface area contributed by atoms with Crippen molar-refractivity contribution in [2.24, 2.45) is 5.73 Å². The van der Waals surface area contributed by atoms with Gasteiger partial charge < -0.3 is 42.1 Å². The molecule has 13 heteroatoms. The van der Waals surface area contributed by atoms with E-state index >= 15 is 0 Å². The van der Waals surface area contributed by atoms with Crippen LogP contribution in [-0.4, -0.2) is 80.9 Å². The number of aliphatic hydroxyl groups excluding tert-OH is 1. The number of phenolic OH excluding ortho intramolecular Hbond substituents is 1. The molecule has 2 rings (SSSR count). The Labute approximate surface area is 217 Å². The van der Waals surface area contributed by atoms with Crippen molar-refractivity contribution in [1.29, 1.82) is 0 Å². The minimum Gasteiger partial charge on any atom is -0.508 e. The van der Waals surface area contributed by atoms with Crippen LogP contribution in [0.4, 0.5) is 0 Å². The Morgan fingerprint density at radius 2 is 1.24 bits per heavy atom. The highest BCUT2D eigenvalue weighted by Gasteiger charge is 2.31. The number of benzene rings is 2. The molecule has 204 valence electrons. The van der Waals surface area contributed by atoms with Crippen LogP contribution in [0.25, 0.3) is 0 Å². The van der Waals surface area contributed by atoms with E-state index in [1.165, 1.54) is 24.3 Å². The zero-order chi connectivity index (χ0) is 28.2. The molecule has 0 saturated carbocycles. The van der Waals surface area contributed by atoms with E-state index in [1.807, 2.05) is 0 Å². The Bertz CT molecular complexity index is 1130. The van der Waals surface area contributed by atoms with E-state index in [4.69, 9.17) is 5.73 Å². The Kier molecular flexibility index (Phi) is 11.2. The molecule has 3 amide bonds. The lowest BCUT2D eigenvalue weighted by molar-refractivity contribution is -0.143. The van der Waals surface area contributed by atoms with E-state index in [2.05, 4.69) is 16.0 Å². The van der Waals surface area contributed by atoms with E-state index in [0.29, 0.717) is 5.56 Å². The van der Waals surface area contributed by atoms with Crippen LogP contribution in [0.3, 0.4) is 0 Å². The van der Waals surface area contributed by atoms with E-state index in [-0.39, 0.29) is 18.6 Å². The van der Waals surface area contributed by atoms with Crippen LogP contribution >= 0.6 is 0 Å². The first-order valence-electron chi connectivity index (χ1n) is 11.5. The van der Waals surface area contributed by atoms with Gasteiger partial charge in [-0.05, 0) is 29.7 Å². The van der Waals surface area contributed by atoms with Crippen molar-refractivity contribution in [2.75, 3.05) is 6.61 Å². The first kappa shape index (κ1) is 29.7. The number of hydrogen-bond acceptors (Lipinski definition) is 8. The smallest absolute Gasteiger partial charge is 0.326 e. The Morgan fingerprint density at radius 1 is 0.711 bits per heavy atom. The zero-order valence-electron chi connectivity index (χ0n) is 20.2. The minimum absolute atomic E-state index is 0.0308. The molecule has 4 unspecified atom stereocenters. The summed E-state index contributed by atoms with van der Waals surface area (Å²) < 4.78 is 0. The van der Waals surface area contributed by atoms with Gasteiger partial charge in [-0.2, -0.15) is 0 Å². The summed E-state index contributed by atoms with van der Waals surface area (Å²) in [4.78, 5) is 60.8. The number of amides is 3. The monoisotopic (exact) mass is 530 g/mol. The molecule has 4 atom stereocenters. The Hall–Kier alpha value is -4.49. The third kappa shape index (κ3) is 9.52. The van der Waals surface area contributed by atoms with Gasteiger partial charge in [-0.15, -0.1) is 0 Å². The number of phenols is 1. The molecule has 0 aliphatic heterocycles. The molecule has 13 nitrogen and oxygen atoms in total. The molecule has 9 N–H and O–H groups in total. The van der Waals surface area contributed by atoms with E-state index < -0.39 is 66.9 Å². The van der Waals surface area contributed by atoms with Gasteiger partial charge in [0.1, 0.15) is 23.9 Å². The lowest BCUT2D eigenvalue weighted by Gasteiger charge is -2.23. The molecular formula is C25H30N4O9. The van der Waals surface area contributed by atoms with Crippen molar-refractivity contribution in [3.05, 3.63) is 65.7 Å². The fourth-order valence-corrected chi connectivity index (χ4v) is 3.43. The molecule has 0 spiro atoms. The normalized spacial score (nSPS) is 13.8. The summed E-state index contributed by atoms with van der Waals surface area (Å²) in [5.41, 5.74) is 7.12. The fourth-order valence-electron chi connectivity index (χ4n) is 3.43. The highest BCUT2D eigenvalue weighted by Crippen LogP contribution is 2.11. The number of carboxylic acid groups (broad SMARTS) is 2. The zero-order valence-corrected chi connectivity index (χ0v) is 20.2. The molecule has 0 heterocycles. The Morgan fingerprint density at radius 3 is 1.79 bits per heavy atom. The van der Waals surface area contributed by atoms with Gasteiger partial charge in [0, 0.05) is 6.42 Å². The Balaban J connectivity index is 2.05. The lowest BCUT2D eigenvalue weighted by Crippen LogP contribution is -2.58. The van der Waals surface area contributed by atoms with E-state index in [9.17, 15) is 44.4 Å². The maximum Gasteiger partial charge on any atom is 0.326 e. The van der Waals surface area contributed by atoms with Crippen LogP contribution in [0.1, 0.15) is 17.5 Å². The fraction of sp³-hybridized carbons (Fsp3) is 0.320. The second-order valence-electron chi connectivity index (χ2n) is 8.47. The summed E-state index contributed by atoms with van der Waals surface area (Å²) in [6.45, 7) is -0.940. The summed E-state index contributed by atoms with van der Waals surface area (Å²) in [6, 6.07) is 8.56. The van der Waals surface area contributed by atoms with Crippen molar-refractivity contribution in [3.8, 4) is 5.75 Å². The molecule has 0 fully saturated rings. The average Bonchev–Trinajstić information content (AvgIpc) is 2.87. The van der Waals surface area contributed by atoms with Crippen LogP contribution in [0.15, 0.2) is 54.6 Å². The molecule has 0 aliphatic carbocycles. The third-order valence-corrected chi connectivity index (χ3v) is 5.45. The molecule has 38 heavy (non-hydrogen) atoms. The third-order valence-electron chi connectivity index (χ3n) is 5.45. The molecule has 0 radical (unpaired) electrons. The van der Waals surface area contributed by atoms with Crippen molar-refractivity contribution in [1.82, 2.24) is 16.0 Å². The molecule has 0 aromatic heterocycles. The number of hydrogen-bond donors (Lipinski definition) is 8. The van der Waals surface area contributed by atoms with Crippen LogP contribution < -0.4 is 21.7 Å². The summed E-state index contributed by atoms with van der Waals surface area (Å²) in [7, 11) is 0. The maximum atomic E-state index is 12.8. The van der Waals surface area contributed by atoms with Crippen LogP contribution in [0.2, 0.25) is 0 Å². The second-order valence-corrected chi connectivity index (χ2v) is 8.47. The largest absolute Gasteiger partial charge is 0.508 e. The first-order valence-corrected chi connectivity index (χ1v) is 11.5. The number of carbonyl (C=O) groups excluding carboxylic acids is 3. The van der Waals surface area contributed by atoms with Gasteiger partial charge in [0.05, 0.1) is 19.1 Å². The van der Waals surface area contributed by atoms with Gasteiger partial charge in [-0.25, -0.2) is 4.79 Å². The quantitative estimate of drug-likeness (QED) is 0.141. The number of aliphatic carboxylic acids is 2. The van der Waals surface area contributed by atoms with Crippen molar-refractivity contribution >= 4 is 29.7 Å². The maximum absolute atomic E-state index is 12.8. The van der Waals surface area contributed by atoms with Gasteiger partial charge in [0.2, 0.25) is 17.7 Å². The molecule has 0 saturated heterocycles. The van der Waals surface area contributed by atoms with Gasteiger partial charge in [-0.1, -0.05) is 42.5 Å². The highest BCUT2D eigenvalue weighted by atomic mass is 16.4. The SMILES string of the molecule is NC(Cc1ccccc1)C(=O)NC(CC(=O)O)C(=O)NC(CO)C(=O)NC(Cc1ccc(O)cc1)C(=O)O. The summed E-state index contributed by atoms with van der Waals surface area (Å²) in [6.07, 6.45) is -0.883. The number of nitrogens with two attached hydrogens (primary N) is 1. The number of nitrogens with one attached hydrogen (secondary N) is 3. The number of carbonyl (C=O) groups is 5. The number of aliphatic hydroxyl groups is 1. The standard InChI is InChI=1S/C25H30N4O9/c26-17(10-14-4-2-1-3-5-14)22(34)27-18(12-21(32)33)23(35)29-20(13-30)24(36)28-19(25(37)38)11-15-6-8-16(31)9-7-15/h1-9,17-20,30-31H,10-13,26H2,(H,27,34)(H,28,36)(H,29,35)(H,32,33)(H,37,38). The van der Waals surface area contributed by atoms with Crippen molar-refractivity contribution < 1.29 is 44.4 Å². The predicted octanol–water partition coefficient (Wildman–Crippen LogP) is -1.49. The molecule has 2 aromatic carbocycles. The van der Waals surface area contributed by atoms with Crippen LogP contribution in [-0.2, 0) is 36.8 Å². The number of carboxylic acids is 2. The first-order chi connectivity index (χ1) is 18.0. The van der Waals surface area contributed by atoms with Gasteiger partial charge >= 0.3 is 11.9 Å². The van der Waals surface area contributed by atoms with Crippen molar-refractivity contribution in [3.63, 3.8) is 0 Å². The van der Waals surface area contributed by atoms with E-state index in [0.717, 1.165) is 5.56 Å². The van der Waals surface area contributed by atoms with Crippen molar-refractivity contribution in [2.45, 2.75) is 43.4 Å². The molecule has 0 aliphatic rings. The minimum atomic E-state index is -1.64. The highest BCUT2D eigenvalue weighted by molar-refractivity contribution is 5.95. The topological polar surface area (TPSA) is 228 Å². The predicted molar refractivity (Wildman–Crippen MR) is 133 cm³/mol. The van der Waals surface area contributed by atoms with Crippen LogP contribution in [0.5, 0.6) is 5.75 Å². The second kappa shape index (κ2) is 14.3. The van der Waals surface area contributed by atoms with Gasteiger partial charge in [-0.3, -0.25) is 19.2 Å².